The quantitative estimate of drug-likeness (QED) is 0.862. The number of fused-ring (bicyclic) bond motifs is 2. The smallest absolute Gasteiger partial charge is 0.332 e. The van der Waals surface area contributed by atoms with Crippen LogP contribution in [0.2, 0.25) is 0 Å². The summed E-state index contributed by atoms with van der Waals surface area (Å²) >= 11 is 0. The maximum atomic E-state index is 13.2. The van der Waals surface area contributed by atoms with Crippen molar-refractivity contribution >= 4 is 11.9 Å². The van der Waals surface area contributed by atoms with E-state index in [1.807, 2.05) is 12.1 Å². The summed E-state index contributed by atoms with van der Waals surface area (Å²) in [5.41, 5.74) is 2.57. The van der Waals surface area contributed by atoms with Crippen molar-refractivity contribution in [1.82, 2.24) is 14.9 Å². The number of benzene rings is 1. The fourth-order valence-corrected chi connectivity index (χ4v) is 4.04. The number of carboxylic acids is 1. The molecule has 0 unspecified atom stereocenters. The third kappa shape index (κ3) is 3.07. The summed E-state index contributed by atoms with van der Waals surface area (Å²) in [7, 11) is 0. The Kier molecular flexibility index (Phi) is 4.17. The fourth-order valence-electron chi connectivity index (χ4n) is 4.04. The molecule has 0 fully saturated rings. The number of aryl methyl sites for hydroxylation is 2. The highest BCUT2D eigenvalue weighted by Crippen LogP contribution is 2.32. The molecule has 1 atom stereocenters. The number of carbonyl (C=O) groups excluding carboxylic acids is 1. The number of rotatable bonds is 4. The van der Waals surface area contributed by atoms with Crippen LogP contribution in [0.15, 0.2) is 24.5 Å². The van der Waals surface area contributed by atoms with E-state index in [1.54, 1.807) is 13.8 Å². The zero-order valence-electron chi connectivity index (χ0n) is 15.5. The van der Waals surface area contributed by atoms with Crippen molar-refractivity contribution in [2.45, 2.75) is 51.2 Å². The van der Waals surface area contributed by atoms with Crippen molar-refractivity contribution in [3.8, 4) is 5.75 Å². The second kappa shape index (κ2) is 6.40. The Labute approximate surface area is 157 Å². The van der Waals surface area contributed by atoms with Gasteiger partial charge in [-0.15, -0.1) is 0 Å². The van der Waals surface area contributed by atoms with Gasteiger partial charge in [0, 0.05) is 18.7 Å². The van der Waals surface area contributed by atoms with Gasteiger partial charge in [0.1, 0.15) is 5.75 Å². The maximum Gasteiger partial charge on any atom is 0.332 e. The molecule has 0 bridgehead atoms. The van der Waals surface area contributed by atoms with Gasteiger partial charge in [0.15, 0.2) is 11.6 Å². The number of aliphatic carboxylic acids is 1. The lowest BCUT2D eigenvalue weighted by Crippen LogP contribution is -2.53. The molecule has 0 saturated heterocycles. The average Bonchev–Trinajstić information content (AvgIpc) is 3.27. The Balaban J connectivity index is 1.58. The molecule has 0 radical (unpaired) electrons. The Morgan fingerprint density at radius 2 is 2.04 bits per heavy atom. The molecule has 1 aromatic carbocycles. The molecular weight excluding hydrogens is 346 g/mol. The van der Waals surface area contributed by atoms with Crippen LogP contribution in [0.4, 0.5) is 0 Å². The van der Waals surface area contributed by atoms with Gasteiger partial charge in [0.2, 0.25) is 0 Å². The predicted octanol–water partition coefficient (Wildman–Crippen LogP) is 2.27. The zero-order chi connectivity index (χ0) is 19.2. The lowest BCUT2D eigenvalue weighted by molar-refractivity contribution is -0.158. The number of hydrogen-bond donors (Lipinski definition) is 2. The van der Waals surface area contributed by atoms with Crippen molar-refractivity contribution in [3.63, 3.8) is 0 Å². The Morgan fingerprint density at radius 1 is 1.26 bits per heavy atom. The first-order valence-electron chi connectivity index (χ1n) is 9.23. The number of imidazole rings is 1. The van der Waals surface area contributed by atoms with Gasteiger partial charge in [0.05, 0.1) is 12.0 Å². The van der Waals surface area contributed by atoms with Crippen LogP contribution in [0.5, 0.6) is 5.75 Å². The number of ether oxygens (including phenoxy) is 1. The third-order valence-electron chi connectivity index (χ3n) is 5.38. The number of aromatic nitrogens is 2. The van der Waals surface area contributed by atoms with Gasteiger partial charge < -0.3 is 19.7 Å². The van der Waals surface area contributed by atoms with Gasteiger partial charge in [-0.05, 0) is 56.4 Å². The number of amides is 1. The van der Waals surface area contributed by atoms with Gasteiger partial charge in [-0.25, -0.2) is 9.78 Å². The van der Waals surface area contributed by atoms with Crippen molar-refractivity contribution in [2.75, 3.05) is 6.54 Å². The number of nitrogens with zero attached hydrogens (tertiary/aromatic N) is 2. The summed E-state index contributed by atoms with van der Waals surface area (Å²) in [5.74, 6) is -0.813. The van der Waals surface area contributed by atoms with Gasteiger partial charge in [0.25, 0.3) is 5.91 Å². The Morgan fingerprint density at radius 3 is 2.81 bits per heavy atom. The van der Waals surface area contributed by atoms with Gasteiger partial charge in [-0.1, -0.05) is 6.07 Å². The van der Waals surface area contributed by atoms with Crippen LogP contribution in [-0.2, 0) is 28.9 Å². The molecule has 0 saturated carbocycles. The molecule has 1 amide bonds. The summed E-state index contributed by atoms with van der Waals surface area (Å²) < 4.78 is 6.03. The minimum absolute atomic E-state index is 0.308. The minimum Gasteiger partial charge on any atom is -0.479 e. The topological polar surface area (TPSA) is 95.5 Å². The second-order valence-electron chi connectivity index (χ2n) is 7.65. The monoisotopic (exact) mass is 369 g/mol. The lowest BCUT2D eigenvalue weighted by Gasteiger charge is -2.37. The van der Waals surface area contributed by atoms with Gasteiger partial charge >= 0.3 is 5.97 Å². The van der Waals surface area contributed by atoms with Crippen LogP contribution in [0, 0.1) is 0 Å². The van der Waals surface area contributed by atoms with E-state index in [0.717, 1.165) is 25.0 Å². The van der Waals surface area contributed by atoms with E-state index in [4.69, 9.17) is 4.74 Å². The molecule has 0 spiro atoms. The fraction of sp³-hybridized carbons (Fsp3) is 0.450. The molecule has 142 valence electrons. The highest BCUT2D eigenvalue weighted by molar-refractivity contribution is 5.90. The molecular formula is C20H23N3O4. The van der Waals surface area contributed by atoms with E-state index in [2.05, 4.69) is 16.0 Å². The molecule has 2 heterocycles. The molecule has 2 aromatic rings. The summed E-state index contributed by atoms with van der Waals surface area (Å²) in [4.78, 5) is 33.5. The van der Waals surface area contributed by atoms with E-state index in [0.29, 0.717) is 24.4 Å². The average molecular weight is 369 g/mol. The highest BCUT2D eigenvalue weighted by atomic mass is 16.5. The van der Waals surface area contributed by atoms with Crippen molar-refractivity contribution in [2.24, 2.45) is 0 Å². The van der Waals surface area contributed by atoms with Crippen LogP contribution in [-0.4, -0.2) is 44.0 Å². The van der Waals surface area contributed by atoms with Crippen LogP contribution in [0.25, 0.3) is 0 Å². The first-order valence-corrected chi connectivity index (χ1v) is 9.23. The number of carbonyl (C=O) groups is 2. The van der Waals surface area contributed by atoms with Gasteiger partial charge in [-0.3, -0.25) is 4.79 Å². The largest absolute Gasteiger partial charge is 0.479 e. The number of carboxylic acid groups (broad SMARTS) is 1. The van der Waals surface area contributed by atoms with Crippen LogP contribution < -0.4 is 4.74 Å². The molecule has 27 heavy (non-hydrogen) atoms. The number of aromatic amines is 1. The SMILES string of the molecule is CC(C)(Oc1ccc2c(c1)CCC2)C(=O)N1CCc2[nH]cnc2[C@@H]1C(=O)O. The highest BCUT2D eigenvalue weighted by Gasteiger charge is 2.44. The number of hydrogen-bond acceptors (Lipinski definition) is 4. The van der Waals surface area contributed by atoms with Crippen molar-refractivity contribution in [1.29, 1.82) is 0 Å². The molecule has 1 aliphatic carbocycles. The maximum absolute atomic E-state index is 13.2. The van der Waals surface area contributed by atoms with E-state index < -0.39 is 17.6 Å². The first kappa shape index (κ1) is 17.6. The van der Waals surface area contributed by atoms with Crippen LogP contribution in [0.1, 0.15) is 48.8 Å². The van der Waals surface area contributed by atoms with Crippen molar-refractivity contribution in [3.05, 3.63) is 47.0 Å². The van der Waals surface area contributed by atoms with E-state index >= 15 is 0 Å². The van der Waals surface area contributed by atoms with Crippen LogP contribution in [0.3, 0.4) is 0 Å². The Hall–Kier alpha value is -2.83. The molecule has 7 nitrogen and oxygen atoms in total. The predicted molar refractivity (Wildman–Crippen MR) is 97.6 cm³/mol. The second-order valence-corrected chi connectivity index (χ2v) is 7.65. The summed E-state index contributed by atoms with van der Waals surface area (Å²) in [6.07, 6.45) is 5.26. The van der Waals surface area contributed by atoms with Gasteiger partial charge in [-0.2, -0.15) is 0 Å². The van der Waals surface area contributed by atoms with Crippen LogP contribution >= 0.6 is 0 Å². The van der Waals surface area contributed by atoms with E-state index in [1.165, 1.54) is 22.4 Å². The summed E-state index contributed by atoms with van der Waals surface area (Å²) in [6, 6.07) is 4.83. The Bertz CT molecular complexity index is 902. The third-order valence-corrected chi connectivity index (χ3v) is 5.38. The minimum atomic E-state index is -1.19. The molecule has 4 rings (SSSR count). The molecule has 2 aliphatic rings. The lowest BCUT2D eigenvalue weighted by atomic mass is 9.98. The summed E-state index contributed by atoms with van der Waals surface area (Å²) in [5, 5.41) is 9.70. The van der Waals surface area contributed by atoms with Crippen molar-refractivity contribution < 1.29 is 19.4 Å². The number of nitrogens with one attached hydrogen (secondary N) is 1. The van der Waals surface area contributed by atoms with E-state index in [-0.39, 0.29) is 5.91 Å². The molecule has 1 aliphatic heterocycles. The molecule has 7 heteroatoms. The van der Waals surface area contributed by atoms with E-state index in [9.17, 15) is 14.7 Å². The standard InChI is InChI=1S/C20H23N3O4/c1-20(2,27-14-7-6-12-4-3-5-13(12)10-14)19(26)23-9-8-15-16(22-11-21-15)17(23)18(24)25/h6-7,10-11,17H,3-5,8-9H2,1-2H3,(H,21,22)(H,24,25)/t17-/m1/s1. The number of H-pyrrole nitrogens is 1. The first-order chi connectivity index (χ1) is 12.9. The summed E-state index contributed by atoms with van der Waals surface area (Å²) in [6.45, 7) is 3.67. The molecule has 2 N–H and O–H groups in total. The normalized spacial score (nSPS) is 18.7. The molecule has 1 aromatic heterocycles. The zero-order valence-corrected chi connectivity index (χ0v) is 15.5.